The zero-order valence-electron chi connectivity index (χ0n) is 13.5. The van der Waals surface area contributed by atoms with Gasteiger partial charge in [0.2, 0.25) is 0 Å². The highest BCUT2D eigenvalue weighted by atomic mass is 35.5. The number of fused-ring (bicyclic) bond motifs is 1. The predicted octanol–water partition coefficient (Wildman–Crippen LogP) is 6.35. The Morgan fingerprint density at radius 1 is 1.00 bits per heavy atom. The van der Waals surface area contributed by atoms with Crippen LogP contribution in [0.15, 0.2) is 82.0 Å². The van der Waals surface area contributed by atoms with Crippen LogP contribution in [0.25, 0.3) is 10.2 Å². The van der Waals surface area contributed by atoms with Gasteiger partial charge < -0.3 is 5.32 Å². The summed E-state index contributed by atoms with van der Waals surface area (Å²) in [4.78, 5) is 17.9. The molecular weight excluding hydrogens is 384 g/mol. The summed E-state index contributed by atoms with van der Waals surface area (Å²) in [7, 11) is 0. The zero-order chi connectivity index (χ0) is 17.9. The minimum atomic E-state index is -0.181. The second-order valence-electron chi connectivity index (χ2n) is 5.51. The third kappa shape index (κ3) is 3.75. The van der Waals surface area contributed by atoms with Crippen molar-refractivity contribution in [1.29, 1.82) is 0 Å². The molecule has 0 aliphatic carbocycles. The van der Waals surface area contributed by atoms with Crippen molar-refractivity contribution >= 4 is 56.5 Å². The maximum Gasteiger partial charge on any atom is 0.255 e. The van der Waals surface area contributed by atoms with Gasteiger partial charge in [-0.25, -0.2) is 4.98 Å². The maximum absolute atomic E-state index is 12.3. The van der Waals surface area contributed by atoms with Gasteiger partial charge in [-0.05, 0) is 42.5 Å². The molecule has 0 aliphatic rings. The lowest BCUT2D eigenvalue weighted by Crippen LogP contribution is -2.11. The molecule has 3 aromatic carbocycles. The molecule has 1 heterocycles. The van der Waals surface area contributed by atoms with Crippen LogP contribution >= 0.6 is 34.7 Å². The minimum Gasteiger partial charge on any atom is -0.321 e. The summed E-state index contributed by atoms with van der Waals surface area (Å²) in [6.07, 6.45) is 0. The van der Waals surface area contributed by atoms with Crippen molar-refractivity contribution in [1.82, 2.24) is 4.98 Å². The largest absolute Gasteiger partial charge is 0.321 e. The summed E-state index contributed by atoms with van der Waals surface area (Å²) in [5.41, 5.74) is 2.18. The molecule has 0 bridgehead atoms. The molecule has 1 amide bonds. The first kappa shape index (κ1) is 17.1. The minimum absolute atomic E-state index is 0.181. The predicted molar refractivity (Wildman–Crippen MR) is 110 cm³/mol. The van der Waals surface area contributed by atoms with Crippen molar-refractivity contribution < 1.29 is 4.79 Å². The Hall–Kier alpha value is -2.34. The lowest BCUT2D eigenvalue weighted by atomic mass is 10.2. The van der Waals surface area contributed by atoms with E-state index in [9.17, 15) is 4.79 Å². The summed E-state index contributed by atoms with van der Waals surface area (Å²) in [5, 5.41) is 3.35. The number of hydrogen-bond acceptors (Lipinski definition) is 4. The molecule has 3 nitrogen and oxygen atoms in total. The molecule has 0 saturated heterocycles. The number of anilines is 1. The molecule has 6 heteroatoms. The van der Waals surface area contributed by atoms with Gasteiger partial charge in [0, 0.05) is 10.5 Å². The number of amides is 1. The van der Waals surface area contributed by atoms with Gasteiger partial charge in [-0.3, -0.25) is 4.79 Å². The van der Waals surface area contributed by atoms with Gasteiger partial charge >= 0.3 is 0 Å². The van der Waals surface area contributed by atoms with E-state index in [1.165, 1.54) is 0 Å². The lowest BCUT2D eigenvalue weighted by molar-refractivity contribution is 0.102. The topological polar surface area (TPSA) is 42.0 Å². The Bertz CT molecular complexity index is 1050. The molecule has 4 aromatic rings. The van der Waals surface area contributed by atoms with E-state index in [1.54, 1.807) is 35.2 Å². The molecule has 0 fully saturated rings. The van der Waals surface area contributed by atoms with Gasteiger partial charge in [0.05, 0.1) is 20.9 Å². The SMILES string of the molecule is O=C(Nc1ccc(Sc2nc3ccccc3s2)cc1Cl)c1ccccc1. The Balaban J connectivity index is 1.51. The molecule has 1 N–H and O–H groups in total. The van der Waals surface area contributed by atoms with Crippen molar-refractivity contribution in [2.24, 2.45) is 0 Å². The highest BCUT2D eigenvalue weighted by molar-refractivity contribution is 8.01. The lowest BCUT2D eigenvalue weighted by Gasteiger charge is -2.08. The van der Waals surface area contributed by atoms with E-state index in [2.05, 4.69) is 16.4 Å². The Morgan fingerprint density at radius 2 is 1.77 bits per heavy atom. The fraction of sp³-hybridized carbons (Fsp3) is 0. The van der Waals surface area contributed by atoms with Crippen LogP contribution < -0.4 is 5.32 Å². The van der Waals surface area contributed by atoms with Crippen molar-refractivity contribution in [3.05, 3.63) is 83.4 Å². The van der Waals surface area contributed by atoms with E-state index in [-0.39, 0.29) is 5.91 Å². The van der Waals surface area contributed by atoms with Gasteiger partial charge in [0.25, 0.3) is 5.91 Å². The Labute approximate surface area is 164 Å². The average Bonchev–Trinajstić information content (AvgIpc) is 3.07. The van der Waals surface area contributed by atoms with Gasteiger partial charge in [0.1, 0.15) is 0 Å². The summed E-state index contributed by atoms with van der Waals surface area (Å²) in [5.74, 6) is -0.181. The quantitative estimate of drug-likeness (QED) is 0.436. The van der Waals surface area contributed by atoms with E-state index in [1.807, 2.05) is 54.6 Å². The van der Waals surface area contributed by atoms with Crippen molar-refractivity contribution in [3.63, 3.8) is 0 Å². The van der Waals surface area contributed by atoms with E-state index in [4.69, 9.17) is 11.6 Å². The van der Waals surface area contributed by atoms with Gasteiger partial charge in [-0.2, -0.15) is 0 Å². The number of benzene rings is 3. The van der Waals surface area contributed by atoms with E-state index < -0.39 is 0 Å². The van der Waals surface area contributed by atoms with Gasteiger partial charge in [0.15, 0.2) is 4.34 Å². The average molecular weight is 397 g/mol. The summed E-state index contributed by atoms with van der Waals surface area (Å²) < 4.78 is 2.12. The van der Waals surface area contributed by atoms with E-state index in [0.717, 1.165) is 19.5 Å². The molecule has 0 saturated carbocycles. The number of para-hydroxylation sites is 1. The highest BCUT2D eigenvalue weighted by Gasteiger charge is 2.10. The summed E-state index contributed by atoms with van der Waals surface area (Å²) >= 11 is 9.57. The molecular formula is C20H13ClN2OS2. The third-order valence-electron chi connectivity index (χ3n) is 3.70. The number of nitrogens with one attached hydrogen (secondary N) is 1. The van der Waals surface area contributed by atoms with Crippen LogP contribution in [0.3, 0.4) is 0 Å². The number of hydrogen-bond donors (Lipinski definition) is 1. The molecule has 0 spiro atoms. The van der Waals surface area contributed by atoms with Crippen molar-refractivity contribution in [3.8, 4) is 0 Å². The fourth-order valence-corrected chi connectivity index (χ4v) is 4.81. The molecule has 1 aromatic heterocycles. The number of aromatic nitrogens is 1. The number of carbonyl (C=O) groups excluding carboxylic acids is 1. The van der Waals surface area contributed by atoms with E-state index in [0.29, 0.717) is 16.3 Å². The molecule has 4 rings (SSSR count). The van der Waals surface area contributed by atoms with Crippen molar-refractivity contribution in [2.75, 3.05) is 5.32 Å². The first-order valence-electron chi connectivity index (χ1n) is 7.88. The zero-order valence-corrected chi connectivity index (χ0v) is 15.9. The molecule has 0 aliphatic heterocycles. The smallest absolute Gasteiger partial charge is 0.255 e. The first-order chi connectivity index (χ1) is 12.7. The van der Waals surface area contributed by atoms with Crippen LogP contribution in [0.1, 0.15) is 10.4 Å². The number of rotatable bonds is 4. The maximum atomic E-state index is 12.3. The molecule has 26 heavy (non-hydrogen) atoms. The normalized spacial score (nSPS) is 10.8. The van der Waals surface area contributed by atoms with Crippen LogP contribution in [-0.2, 0) is 0 Å². The van der Waals surface area contributed by atoms with Crippen LogP contribution in [-0.4, -0.2) is 10.9 Å². The molecule has 0 atom stereocenters. The summed E-state index contributed by atoms with van der Waals surface area (Å²) in [6.45, 7) is 0. The van der Waals surface area contributed by atoms with Crippen molar-refractivity contribution in [2.45, 2.75) is 9.24 Å². The van der Waals surface area contributed by atoms with Crippen LogP contribution in [0, 0.1) is 0 Å². The van der Waals surface area contributed by atoms with Gasteiger partial charge in [-0.1, -0.05) is 53.7 Å². The van der Waals surface area contributed by atoms with Crippen LogP contribution in [0.2, 0.25) is 5.02 Å². The number of nitrogens with zero attached hydrogens (tertiary/aromatic N) is 1. The summed E-state index contributed by atoms with van der Waals surface area (Å²) in [6, 6.07) is 22.7. The Kier molecular flexibility index (Phi) is 4.93. The number of halogens is 1. The molecule has 0 unspecified atom stereocenters. The second kappa shape index (κ2) is 7.50. The number of carbonyl (C=O) groups is 1. The highest BCUT2D eigenvalue weighted by Crippen LogP contribution is 2.36. The monoisotopic (exact) mass is 396 g/mol. The Morgan fingerprint density at radius 3 is 2.54 bits per heavy atom. The number of thiazole rings is 1. The standard InChI is InChI=1S/C20H13ClN2OS2/c21-15-12-14(25-20-23-17-8-4-5-9-18(17)26-20)10-11-16(15)22-19(24)13-6-2-1-3-7-13/h1-12H,(H,22,24). The van der Waals surface area contributed by atoms with Crippen LogP contribution in [0.4, 0.5) is 5.69 Å². The van der Waals surface area contributed by atoms with Crippen LogP contribution in [0.5, 0.6) is 0 Å². The molecule has 0 radical (unpaired) electrons. The molecule has 128 valence electrons. The fourth-order valence-electron chi connectivity index (χ4n) is 2.44. The van der Waals surface area contributed by atoms with E-state index >= 15 is 0 Å². The van der Waals surface area contributed by atoms with Gasteiger partial charge in [-0.15, -0.1) is 11.3 Å². The first-order valence-corrected chi connectivity index (χ1v) is 9.89. The third-order valence-corrected chi connectivity index (χ3v) is 6.10. The second-order valence-corrected chi connectivity index (χ2v) is 8.27.